The predicted octanol–water partition coefficient (Wildman–Crippen LogP) is 4.08. The highest BCUT2D eigenvalue weighted by Crippen LogP contribution is 2.23. The van der Waals surface area contributed by atoms with Crippen LogP contribution in [0.5, 0.6) is 5.75 Å². The number of sulfone groups is 1. The molecule has 1 heterocycles. The Morgan fingerprint density at radius 1 is 1.04 bits per heavy atom. The van der Waals surface area contributed by atoms with Gasteiger partial charge in [-0.3, -0.25) is 0 Å². The van der Waals surface area contributed by atoms with Crippen molar-refractivity contribution < 1.29 is 17.6 Å². The maximum Gasteiger partial charge on any atom is 0.226 e. The van der Waals surface area contributed by atoms with E-state index in [-0.39, 0.29) is 11.5 Å². The van der Waals surface area contributed by atoms with Crippen LogP contribution in [-0.4, -0.2) is 20.5 Å². The predicted molar refractivity (Wildman–Crippen MR) is 101 cm³/mol. The zero-order valence-electron chi connectivity index (χ0n) is 15.0. The van der Waals surface area contributed by atoms with Gasteiger partial charge in [0.05, 0.1) is 24.3 Å². The van der Waals surface area contributed by atoms with Crippen molar-refractivity contribution in [2.24, 2.45) is 0 Å². The van der Waals surface area contributed by atoms with Crippen molar-refractivity contribution in [3.05, 3.63) is 71.1 Å². The molecule has 0 aliphatic heterocycles. The van der Waals surface area contributed by atoms with Crippen molar-refractivity contribution in [3.8, 4) is 17.2 Å². The number of benzene rings is 2. The van der Waals surface area contributed by atoms with E-state index in [1.54, 1.807) is 19.2 Å². The second-order valence-electron chi connectivity index (χ2n) is 6.33. The lowest BCUT2D eigenvalue weighted by Gasteiger charge is -2.07. The van der Waals surface area contributed by atoms with Crippen LogP contribution in [0.15, 0.2) is 53.1 Å². The van der Waals surface area contributed by atoms with E-state index in [9.17, 15) is 8.42 Å². The number of aryl methyl sites for hydroxylation is 2. The number of nitrogens with zero attached hydrogens (tertiary/aromatic N) is 1. The molecule has 0 fully saturated rings. The van der Waals surface area contributed by atoms with E-state index in [1.165, 1.54) is 6.26 Å². The van der Waals surface area contributed by atoms with E-state index in [0.29, 0.717) is 11.6 Å². The lowest BCUT2D eigenvalue weighted by atomic mass is 10.1. The van der Waals surface area contributed by atoms with Crippen LogP contribution in [0.4, 0.5) is 0 Å². The van der Waals surface area contributed by atoms with E-state index in [4.69, 9.17) is 9.15 Å². The fourth-order valence-corrected chi connectivity index (χ4v) is 4.18. The fraction of sp³-hybridized carbons (Fsp3) is 0.250. The molecule has 0 unspecified atom stereocenters. The normalized spacial score (nSPS) is 11.5. The Hall–Kier alpha value is -2.60. The van der Waals surface area contributed by atoms with Crippen molar-refractivity contribution >= 4 is 9.84 Å². The molecule has 0 aliphatic rings. The Bertz CT molecular complexity index is 1000. The molecule has 0 amide bonds. The van der Waals surface area contributed by atoms with Crippen LogP contribution in [0.1, 0.15) is 22.4 Å². The van der Waals surface area contributed by atoms with E-state index in [2.05, 4.69) is 4.98 Å². The van der Waals surface area contributed by atoms with Crippen molar-refractivity contribution in [3.63, 3.8) is 0 Å². The Labute approximate surface area is 153 Å². The van der Waals surface area contributed by atoms with Gasteiger partial charge in [0.2, 0.25) is 5.89 Å². The summed E-state index contributed by atoms with van der Waals surface area (Å²) >= 11 is 0. The molecule has 0 radical (unpaired) electrons. The lowest BCUT2D eigenvalue weighted by molar-refractivity contribution is 0.415. The highest BCUT2D eigenvalue weighted by molar-refractivity contribution is 7.89. The summed E-state index contributed by atoms with van der Waals surface area (Å²) in [5.74, 6) is 0.965. The first-order chi connectivity index (χ1) is 12.4. The van der Waals surface area contributed by atoms with Gasteiger partial charge in [0.25, 0.3) is 0 Å². The highest BCUT2D eigenvalue weighted by atomic mass is 32.2. The molecule has 0 aliphatic carbocycles. The molecule has 0 saturated heterocycles. The maximum absolute atomic E-state index is 12.6. The minimum absolute atomic E-state index is 0.00869. The Kier molecular flexibility index (Phi) is 5.13. The monoisotopic (exact) mass is 371 g/mol. The molecule has 3 aromatic rings. The topological polar surface area (TPSA) is 69.4 Å². The minimum atomic E-state index is -3.35. The number of oxazole rings is 1. The van der Waals surface area contributed by atoms with Crippen molar-refractivity contribution in [2.75, 3.05) is 7.11 Å². The molecule has 6 heteroatoms. The molecule has 0 saturated carbocycles. The third-order valence-electron chi connectivity index (χ3n) is 4.14. The van der Waals surface area contributed by atoms with Gasteiger partial charge in [0.1, 0.15) is 12.0 Å². The van der Waals surface area contributed by atoms with Gasteiger partial charge in [0, 0.05) is 5.56 Å². The summed E-state index contributed by atoms with van der Waals surface area (Å²) in [6, 6.07) is 13.1. The zero-order valence-corrected chi connectivity index (χ0v) is 15.8. The molecule has 26 heavy (non-hydrogen) atoms. The van der Waals surface area contributed by atoms with Gasteiger partial charge in [-0.1, -0.05) is 23.8 Å². The Balaban J connectivity index is 1.76. The standard InChI is InChI=1S/C20H21NO4S/c1-14-4-5-15(2)17(10-14)12-26(22,23)13-18-11-25-20(21-18)16-6-8-19(24-3)9-7-16/h4-11H,12-13H2,1-3H3. The number of hydrogen-bond donors (Lipinski definition) is 0. The average Bonchev–Trinajstić information content (AvgIpc) is 3.05. The second kappa shape index (κ2) is 7.33. The number of methoxy groups -OCH3 is 1. The first kappa shape index (κ1) is 18.2. The van der Waals surface area contributed by atoms with Crippen molar-refractivity contribution in [1.29, 1.82) is 0 Å². The third kappa shape index (κ3) is 4.32. The van der Waals surface area contributed by atoms with Gasteiger partial charge >= 0.3 is 0 Å². The van der Waals surface area contributed by atoms with Crippen LogP contribution < -0.4 is 4.74 Å². The van der Waals surface area contributed by atoms with Crippen LogP contribution in [0, 0.1) is 13.8 Å². The van der Waals surface area contributed by atoms with E-state index in [1.807, 2.05) is 44.2 Å². The quantitative estimate of drug-likeness (QED) is 0.653. The Morgan fingerprint density at radius 3 is 2.46 bits per heavy atom. The molecule has 3 rings (SSSR count). The summed E-state index contributed by atoms with van der Waals surface area (Å²) in [5.41, 5.74) is 4.01. The largest absolute Gasteiger partial charge is 0.497 e. The van der Waals surface area contributed by atoms with Gasteiger partial charge in [0.15, 0.2) is 9.84 Å². The lowest BCUT2D eigenvalue weighted by Crippen LogP contribution is -2.09. The van der Waals surface area contributed by atoms with Gasteiger partial charge in [-0.2, -0.15) is 0 Å². The molecule has 0 spiro atoms. The molecule has 2 aromatic carbocycles. The van der Waals surface area contributed by atoms with Gasteiger partial charge in [-0.15, -0.1) is 0 Å². The zero-order chi connectivity index (χ0) is 18.7. The summed E-state index contributed by atoms with van der Waals surface area (Å²) in [6.07, 6.45) is 1.40. The summed E-state index contributed by atoms with van der Waals surface area (Å²) in [4.78, 5) is 4.32. The van der Waals surface area contributed by atoms with Crippen LogP contribution in [0.3, 0.4) is 0 Å². The summed E-state index contributed by atoms with van der Waals surface area (Å²) < 4.78 is 35.7. The van der Waals surface area contributed by atoms with Gasteiger partial charge < -0.3 is 9.15 Å². The second-order valence-corrected chi connectivity index (χ2v) is 8.40. The maximum atomic E-state index is 12.6. The molecule has 0 bridgehead atoms. The van der Waals surface area contributed by atoms with E-state index >= 15 is 0 Å². The smallest absolute Gasteiger partial charge is 0.226 e. The molecular weight excluding hydrogens is 350 g/mol. The van der Waals surface area contributed by atoms with E-state index < -0.39 is 9.84 Å². The number of rotatable bonds is 6. The number of hydrogen-bond acceptors (Lipinski definition) is 5. The van der Waals surface area contributed by atoms with Gasteiger partial charge in [-0.05, 0) is 49.2 Å². The number of ether oxygens (including phenoxy) is 1. The minimum Gasteiger partial charge on any atom is -0.497 e. The SMILES string of the molecule is COc1ccc(-c2nc(CS(=O)(=O)Cc3cc(C)ccc3C)co2)cc1. The van der Waals surface area contributed by atoms with Crippen molar-refractivity contribution in [1.82, 2.24) is 4.98 Å². The molecule has 1 aromatic heterocycles. The third-order valence-corrected chi connectivity index (χ3v) is 5.62. The molecular formula is C20H21NO4S. The van der Waals surface area contributed by atoms with Crippen LogP contribution >= 0.6 is 0 Å². The van der Waals surface area contributed by atoms with Crippen LogP contribution in [0.25, 0.3) is 11.5 Å². The summed E-state index contributed by atoms with van der Waals surface area (Å²) in [7, 11) is -1.75. The average molecular weight is 371 g/mol. The fourth-order valence-electron chi connectivity index (χ4n) is 2.71. The summed E-state index contributed by atoms with van der Waals surface area (Å²) in [6.45, 7) is 3.87. The van der Waals surface area contributed by atoms with Crippen LogP contribution in [0.2, 0.25) is 0 Å². The van der Waals surface area contributed by atoms with Crippen LogP contribution in [-0.2, 0) is 21.3 Å². The first-order valence-electron chi connectivity index (χ1n) is 8.22. The molecule has 0 N–H and O–H groups in total. The highest BCUT2D eigenvalue weighted by Gasteiger charge is 2.18. The molecule has 0 atom stereocenters. The van der Waals surface area contributed by atoms with E-state index in [0.717, 1.165) is 28.0 Å². The number of aromatic nitrogens is 1. The molecule has 5 nitrogen and oxygen atoms in total. The van der Waals surface area contributed by atoms with Crippen molar-refractivity contribution in [2.45, 2.75) is 25.4 Å². The van der Waals surface area contributed by atoms with Gasteiger partial charge in [-0.25, -0.2) is 13.4 Å². The Morgan fingerprint density at radius 2 is 1.77 bits per heavy atom. The molecule has 136 valence electrons. The first-order valence-corrected chi connectivity index (χ1v) is 10.0. The summed E-state index contributed by atoms with van der Waals surface area (Å²) in [5, 5.41) is 0.